The Kier molecular flexibility index (Phi) is 6.17. The number of amides is 2. The van der Waals surface area contributed by atoms with Gasteiger partial charge in [-0.3, -0.25) is 0 Å². The van der Waals surface area contributed by atoms with E-state index in [-0.39, 0.29) is 30.7 Å². The van der Waals surface area contributed by atoms with Gasteiger partial charge in [0.15, 0.2) is 0 Å². The standard InChI is InChI=1S/C20H26F4N2O2/c21-16-5-1-14(2-6-16)13-19(28)9-11-26(12-10-19)18(27)25-17-7-3-15(4-8-17)20(22,23)24/h1-2,5-6,15,17,28H,3-4,7-13H2,(H,25,27). The summed E-state index contributed by atoms with van der Waals surface area (Å²) >= 11 is 0. The Morgan fingerprint density at radius 2 is 1.68 bits per heavy atom. The fourth-order valence-corrected chi connectivity index (χ4v) is 4.12. The number of carbonyl (C=O) groups is 1. The van der Waals surface area contributed by atoms with Crippen LogP contribution < -0.4 is 5.32 Å². The van der Waals surface area contributed by atoms with Gasteiger partial charge in [-0.2, -0.15) is 13.2 Å². The molecule has 2 N–H and O–H groups in total. The zero-order valence-corrected chi connectivity index (χ0v) is 15.6. The number of aliphatic hydroxyl groups is 1. The molecule has 0 atom stereocenters. The van der Waals surface area contributed by atoms with Gasteiger partial charge in [-0.25, -0.2) is 9.18 Å². The van der Waals surface area contributed by atoms with Crippen molar-refractivity contribution in [1.82, 2.24) is 10.2 Å². The van der Waals surface area contributed by atoms with E-state index < -0.39 is 17.7 Å². The number of halogens is 4. The van der Waals surface area contributed by atoms with E-state index in [4.69, 9.17) is 0 Å². The number of benzene rings is 1. The van der Waals surface area contributed by atoms with Crippen LogP contribution in [0.3, 0.4) is 0 Å². The molecule has 1 aromatic rings. The van der Waals surface area contributed by atoms with Gasteiger partial charge in [-0.05, 0) is 56.2 Å². The van der Waals surface area contributed by atoms with Gasteiger partial charge in [0.25, 0.3) is 0 Å². The molecule has 2 fully saturated rings. The number of hydrogen-bond acceptors (Lipinski definition) is 2. The Hall–Kier alpha value is -1.83. The monoisotopic (exact) mass is 402 g/mol. The van der Waals surface area contributed by atoms with Crippen LogP contribution in [-0.2, 0) is 6.42 Å². The number of alkyl halides is 3. The van der Waals surface area contributed by atoms with Gasteiger partial charge in [0.05, 0.1) is 11.5 Å². The topological polar surface area (TPSA) is 52.6 Å². The smallest absolute Gasteiger partial charge is 0.389 e. The molecule has 8 heteroatoms. The van der Waals surface area contributed by atoms with Gasteiger partial charge < -0.3 is 15.3 Å². The van der Waals surface area contributed by atoms with E-state index in [0.29, 0.717) is 45.2 Å². The molecule has 1 aliphatic heterocycles. The maximum Gasteiger partial charge on any atom is 0.391 e. The van der Waals surface area contributed by atoms with Crippen LogP contribution in [0.5, 0.6) is 0 Å². The van der Waals surface area contributed by atoms with Crippen LogP contribution in [0.2, 0.25) is 0 Å². The first-order valence-electron chi connectivity index (χ1n) is 9.74. The van der Waals surface area contributed by atoms with Crippen LogP contribution in [0, 0.1) is 11.7 Å². The second kappa shape index (κ2) is 8.27. The molecule has 1 aliphatic carbocycles. The lowest BCUT2D eigenvalue weighted by molar-refractivity contribution is -0.182. The number of urea groups is 1. The second-order valence-corrected chi connectivity index (χ2v) is 8.05. The lowest BCUT2D eigenvalue weighted by Crippen LogP contribution is -2.53. The minimum absolute atomic E-state index is 0.0475. The molecule has 4 nitrogen and oxygen atoms in total. The number of hydrogen-bond donors (Lipinski definition) is 2. The number of likely N-dealkylation sites (tertiary alicyclic amines) is 1. The van der Waals surface area contributed by atoms with E-state index in [1.165, 1.54) is 12.1 Å². The highest BCUT2D eigenvalue weighted by molar-refractivity contribution is 5.74. The molecule has 3 rings (SSSR count). The van der Waals surface area contributed by atoms with Gasteiger partial charge >= 0.3 is 12.2 Å². The summed E-state index contributed by atoms with van der Waals surface area (Å²) in [5, 5.41) is 13.6. The molecule has 1 aromatic carbocycles. The van der Waals surface area contributed by atoms with Gasteiger partial charge in [0.2, 0.25) is 0 Å². The van der Waals surface area contributed by atoms with Crippen LogP contribution in [0.1, 0.15) is 44.1 Å². The summed E-state index contributed by atoms with van der Waals surface area (Å²) in [6.07, 6.45) is -2.20. The average Bonchev–Trinajstić information content (AvgIpc) is 2.64. The predicted octanol–water partition coefficient (Wildman–Crippen LogP) is 4.03. The molecule has 0 unspecified atom stereocenters. The third-order valence-corrected chi connectivity index (χ3v) is 5.95. The van der Waals surface area contributed by atoms with E-state index in [0.717, 1.165) is 5.56 Å². The van der Waals surface area contributed by atoms with Crippen LogP contribution in [0.25, 0.3) is 0 Å². The van der Waals surface area contributed by atoms with Crippen molar-refractivity contribution >= 4 is 6.03 Å². The van der Waals surface area contributed by atoms with Crippen molar-refractivity contribution in [2.45, 2.75) is 62.8 Å². The summed E-state index contributed by atoms with van der Waals surface area (Å²) < 4.78 is 51.2. The fourth-order valence-electron chi connectivity index (χ4n) is 4.12. The minimum atomic E-state index is -4.16. The molecule has 1 heterocycles. The van der Waals surface area contributed by atoms with E-state index in [9.17, 15) is 27.5 Å². The molecular weight excluding hydrogens is 376 g/mol. The van der Waals surface area contributed by atoms with Crippen molar-refractivity contribution in [2.24, 2.45) is 5.92 Å². The normalized spacial score (nSPS) is 25.4. The number of rotatable bonds is 3. The molecule has 0 spiro atoms. The van der Waals surface area contributed by atoms with Crippen LogP contribution >= 0.6 is 0 Å². The number of nitrogens with zero attached hydrogens (tertiary/aromatic N) is 1. The van der Waals surface area contributed by atoms with Crippen molar-refractivity contribution in [2.75, 3.05) is 13.1 Å². The SMILES string of the molecule is O=C(NC1CCC(C(F)(F)F)CC1)N1CCC(O)(Cc2ccc(F)cc2)CC1. The summed E-state index contributed by atoms with van der Waals surface area (Å²) in [6.45, 7) is 0.753. The largest absolute Gasteiger partial charge is 0.391 e. The molecule has 2 amide bonds. The highest BCUT2D eigenvalue weighted by Gasteiger charge is 2.42. The second-order valence-electron chi connectivity index (χ2n) is 8.05. The van der Waals surface area contributed by atoms with E-state index in [1.54, 1.807) is 17.0 Å². The molecule has 1 saturated carbocycles. The third kappa shape index (κ3) is 5.37. The van der Waals surface area contributed by atoms with Gasteiger partial charge in [0.1, 0.15) is 5.82 Å². The van der Waals surface area contributed by atoms with Crippen molar-refractivity contribution in [3.05, 3.63) is 35.6 Å². The summed E-state index contributed by atoms with van der Waals surface area (Å²) in [6, 6.07) is 5.49. The minimum Gasteiger partial charge on any atom is -0.389 e. The predicted molar refractivity (Wildman–Crippen MR) is 96.2 cm³/mol. The fraction of sp³-hybridized carbons (Fsp3) is 0.650. The zero-order valence-electron chi connectivity index (χ0n) is 15.6. The van der Waals surface area contributed by atoms with Crippen molar-refractivity contribution < 1.29 is 27.5 Å². The third-order valence-electron chi connectivity index (χ3n) is 5.95. The Bertz CT molecular complexity index is 662. The molecule has 28 heavy (non-hydrogen) atoms. The average molecular weight is 402 g/mol. The van der Waals surface area contributed by atoms with Crippen molar-refractivity contribution in [3.8, 4) is 0 Å². The first-order chi connectivity index (χ1) is 13.1. The zero-order chi connectivity index (χ0) is 20.4. The quantitative estimate of drug-likeness (QED) is 0.751. The maximum atomic E-state index is 13.0. The molecule has 2 aliphatic rings. The lowest BCUT2D eigenvalue weighted by atomic mass is 9.85. The van der Waals surface area contributed by atoms with Gasteiger partial charge in [-0.15, -0.1) is 0 Å². The van der Waals surface area contributed by atoms with E-state index in [2.05, 4.69) is 5.32 Å². The van der Waals surface area contributed by atoms with E-state index in [1.807, 2.05) is 0 Å². The Balaban J connectivity index is 1.44. The molecule has 156 valence electrons. The summed E-state index contributed by atoms with van der Waals surface area (Å²) in [5.74, 6) is -1.59. The van der Waals surface area contributed by atoms with Crippen LogP contribution in [-0.4, -0.2) is 46.9 Å². The Morgan fingerprint density at radius 1 is 1.11 bits per heavy atom. The highest BCUT2D eigenvalue weighted by Crippen LogP contribution is 2.37. The molecule has 0 aromatic heterocycles. The first kappa shape index (κ1) is 20.9. The first-order valence-corrected chi connectivity index (χ1v) is 9.74. The highest BCUT2D eigenvalue weighted by atomic mass is 19.4. The number of carbonyl (C=O) groups excluding carboxylic acids is 1. The lowest BCUT2D eigenvalue weighted by Gasteiger charge is -2.39. The number of piperidine rings is 1. The van der Waals surface area contributed by atoms with Gasteiger partial charge in [0, 0.05) is 25.6 Å². The Morgan fingerprint density at radius 3 is 2.21 bits per heavy atom. The van der Waals surface area contributed by atoms with Crippen molar-refractivity contribution in [3.63, 3.8) is 0 Å². The summed E-state index contributed by atoms with van der Waals surface area (Å²) in [7, 11) is 0. The summed E-state index contributed by atoms with van der Waals surface area (Å²) in [5.41, 5.74) is -0.109. The van der Waals surface area contributed by atoms with Crippen molar-refractivity contribution in [1.29, 1.82) is 0 Å². The molecule has 0 bridgehead atoms. The van der Waals surface area contributed by atoms with Crippen LogP contribution in [0.4, 0.5) is 22.4 Å². The molecule has 1 saturated heterocycles. The van der Waals surface area contributed by atoms with E-state index >= 15 is 0 Å². The molecular formula is C20H26F4N2O2. The van der Waals surface area contributed by atoms with Gasteiger partial charge in [-0.1, -0.05) is 12.1 Å². The Labute approximate surface area is 161 Å². The van der Waals surface area contributed by atoms with Crippen LogP contribution in [0.15, 0.2) is 24.3 Å². The molecule has 0 radical (unpaired) electrons. The summed E-state index contributed by atoms with van der Waals surface area (Å²) in [4.78, 5) is 14.0. The number of nitrogens with one attached hydrogen (secondary N) is 1. The maximum absolute atomic E-state index is 13.0.